The molecule has 17 heavy (non-hydrogen) atoms. The third kappa shape index (κ3) is 3.07. The zero-order valence-corrected chi connectivity index (χ0v) is 10.1. The molecule has 4 nitrogen and oxygen atoms in total. The number of rotatable bonds is 5. The standard InChI is InChI=1S/C13H17NO3/c1-4-9-17-11-7-5-10(6-8-11)13(2,14)12(15)16-3/h4-8H,1,9,14H2,2-3H3/t13-/m0/s1. The van der Waals surface area contributed by atoms with Gasteiger partial charge in [-0.1, -0.05) is 24.8 Å². The topological polar surface area (TPSA) is 61.5 Å². The number of methoxy groups -OCH3 is 1. The van der Waals surface area contributed by atoms with Crippen LogP contribution in [-0.4, -0.2) is 19.7 Å². The van der Waals surface area contributed by atoms with Crippen LogP contribution in [0.25, 0.3) is 0 Å². The SMILES string of the molecule is C=CCOc1ccc([C@](C)(N)C(=O)OC)cc1. The predicted octanol–water partition coefficient (Wildman–Crippen LogP) is 1.60. The molecular formula is C13H17NO3. The molecule has 0 amide bonds. The van der Waals surface area contributed by atoms with Crippen molar-refractivity contribution in [3.63, 3.8) is 0 Å². The lowest BCUT2D eigenvalue weighted by molar-refractivity contribution is -0.146. The van der Waals surface area contributed by atoms with Gasteiger partial charge in [0.2, 0.25) is 0 Å². The second-order valence-electron chi connectivity index (χ2n) is 3.82. The van der Waals surface area contributed by atoms with Gasteiger partial charge in [0.15, 0.2) is 0 Å². The van der Waals surface area contributed by atoms with Crippen LogP contribution in [0.5, 0.6) is 5.75 Å². The van der Waals surface area contributed by atoms with Crippen LogP contribution >= 0.6 is 0 Å². The maximum absolute atomic E-state index is 11.5. The lowest BCUT2D eigenvalue weighted by atomic mass is 9.93. The average Bonchev–Trinajstić information content (AvgIpc) is 2.35. The number of hydrogen-bond acceptors (Lipinski definition) is 4. The van der Waals surface area contributed by atoms with Crippen LogP contribution in [0.2, 0.25) is 0 Å². The third-order valence-electron chi connectivity index (χ3n) is 2.43. The average molecular weight is 235 g/mol. The minimum Gasteiger partial charge on any atom is -0.490 e. The number of carbonyl (C=O) groups is 1. The molecule has 2 N–H and O–H groups in total. The highest BCUT2D eigenvalue weighted by atomic mass is 16.5. The normalized spacial score (nSPS) is 13.6. The van der Waals surface area contributed by atoms with Gasteiger partial charge in [0.1, 0.15) is 17.9 Å². The molecule has 0 saturated heterocycles. The van der Waals surface area contributed by atoms with Crippen LogP contribution < -0.4 is 10.5 Å². The van der Waals surface area contributed by atoms with E-state index in [0.717, 1.165) is 0 Å². The molecule has 92 valence electrons. The van der Waals surface area contributed by atoms with Crippen molar-refractivity contribution in [2.45, 2.75) is 12.5 Å². The summed E-state index contributed by atoms with van der Waals surface area (Å²) in [7, 11) is 1.31. The maximum atomic E-state index is 11.5. The number of nitrogens with two attached hydrogens (primary N) is 1. The van der Waals surface area contributed by atoms with E-state index in [4.69, 9.17) is 10.5 Å². The van der Waals surface area contributed by atoms with E-state index in [1.807, 2.05) is 0 Å². The predicted molar refractivity (Wildman–Crippen MR) is 65.7 cm³/mol. The van der Waals surface area contributed by atoms with Crippen molar-refractivity contribution in [2.24, 2.45) is 5.73 Å². The molecule has 1 atom stereocenters. The van der Waals surface area contributed by atoms with Gasteiger partial charge in [0, 0.05) is 0 Å². The van der Waals surface area contributed by atoms with Gasteiger partial charge >= 0.3 is 5.97 Å². The molecule has 0 bridgehead atoms. The largest absolute Gasteiger partial charge is 0.490 e. The van der Waals surface area contributed by atoms with Crippen molar-refractivity contribution in [1.82, 2.24) is 0 Å². The number of carbonyl (C=O) groups excluding carboxylic acids is 1. The summed E-state index contributed by atoms with van der Waals surface area (Å²) in [6.45, 7) is 5.61. The first-order valence-corrected chi connectivity index (χ1v) is 5.24. The monoisotopic (exact) mass is 235 g/mol. The second kappa shape index (κ2) is 5.50. The van der Waals surface area contributed by atoms with Crippen LogP contribution in [0.3, 0.4) is 0 Å². The first-order valence-electron chi connectivity index (χ1n) is 5.24. The Bertz CT molecular complexity index is 396. The molecule has 1 rings (SSSR count). The van der Waals surface area contributed by atoms with Gasteiger partial charge < -0.3 is 15.2 Å². The van der Waals surface area contributed by atoms with Gasteiger partial charge in [-0.05, 0) is 24.6 Å². The van der Waals surface area contributed by atoms with Crippen molar-refractivity contribution < 1.29 is 14.3 Å². The van der Waals surface area contributed by atoms with Gasteiger partial charge in [-0.25, -0.2) is 4.79 Å². The zero-order chi connectivity index (χ0) is 12.9. The first-order chi connectivity index (χ1) is 8.02. The van der Waals surface area contributed by atoms with E-state index < -0.39 is 11.5 Å². The van der Waals surface area contributed by atoms with E-state index in [1.165, 1.54) is 7.11 Å². The van der Waals surface area contributed by atoms with Gasteiger partial charge in [0.05, 0.1) is 7.11 Å². The molecular weight excluding hydrogens is 218 g/mol. The number of ether oxygens (including phenoxy) is 2. The van der Waals surface area contributed by atoms with Crippen molar-refractivity contribution in [3.8, 4) is 5.75 Å². The number of esters is 1. The van der Waals surface area contributed by atoms with E-state index in [-0.39, 0.29) is 0 Å². The van der Waals surface area contributed by atoms with E-state index in [9.17, 15) is 4.79 Å². The van der Waals surface area contributed by atoms with E-state index in [1.54, 1.807) is 37.3 Å². The molecule has 0 fully saturated rings. The fraction of sp³-hybridized carbons (Fsp3) is 0.308. The van der Waals surface area contributed by atoms with Crippen molar-refractivity contribution in [3.05, 3.63) is 42.5 Å². The summed E-state index contributed by atoms with van der Waals surface area (Å²) in [5.41, 5.74) is 5.44. The van der Waals surface area contributed by atoms with Gasteiger partial charge in [-0.2, -0.15) is 0 Å². The van der Waals surface area contributed by atoms with Gasteiger partial charge in [0.25, 0.3) is 0 Å². The van der Waals surface area contributed by atoms with Gasteiger partial charge in [-0.15, -0.1) is 0 Å². The molecule has 0 saturated carbocycles. The van der Waals surface area contributed by atoms with E-state index in [2.05, 4.69) is 11.3 Å². The Morgan fingerprint density at radius 2 is 2.06 bits per heavy atom. The van der Waals surface area contributed by atoms with E-state index >= 15 is 0 Å². The molecule has 0 aromatic heterocycles. The van der Waals surface area contributed by atoms with Crippen molar-refractivity contribution in [1.29, 1.82) is 0 Å². The Kier molecular flexibility index (Phi) is 4.29. The summed E-state index contributed by atoms with van der Waals surface area (Å²) in [4.78, 5) is 11.5. The number of benzene rings is 1. The molecule has 0 radical (unpaired) electrons. The summed E-state index contributed by atoms with van der Waals surface area (Å²) in [6.07, 6.45) is 1.66. The first kappa shape index (κ1) is 13.3. The Morgan fingerprint density at radius 3 is 2.53 bits per heavy atom. The minimum absolute atomic E-state index is 0.441. The molecule has 0 unspecified atom stereocenters. The zero-order valence-electron chi connectivity index (χ0n) is 10.1. The highest BCUT2D eigenvalue weighted by Gasteiger charge is 2.31. The number of hydrogen-bond donors (Lipinski definition) is 1. The van der Waals surface area contributed by atoms with Crippen LogP contribution in [0.15, 0.2) is 36.9 Å². The molecule has 0 aliphatic carbocycles. The fourth-order valence-corrected chi connectivity index (χ4v) is 1.38. The Hall–Kier alpha value is -1.81. The lowest BCUT2D eigenvalue weighted by Gasteiger charge is -2.22. The van der Waals surface area contributed by atoms with Crippen LogP contribution in [0.1, 0.15) is 12.5 Å². The summed E-state index contributed by atoms with van der Waals surface area (Å²) in [6, 6.07) is 7.00. The van der Waals surface area contributed by atoms with Crippen LogP contribution in [-0.2, 0) is 15.1 Å². The highest BCUT2D eigenvalue weighted by molar-refractivity contribution is 5.81. The molecule has 4 heteroatoms. The molecule has 0 heterocycles. The quantitative estimate of drug-likeness (QED) is 0.622. The van der Waals surface area contributed by atoms with Crippen molar-refractivity contribution >= 4 is 5.97 Å². The Labute approximate surface area is 101 Å². The Balaban J connectivity index is 2.86. The Morgan fingerprint density at radius 1 is 1.47 bits per heavy atom. The molecule has 1 aromatic rings. The minimum atomic E-state index is -1.15. The molecule has 1 aromatic carbocycles. The second-order valence-corrected chi connectivity index (χ2v) is 3.82. The van der Waals surface area contributed by atoms with Crippen LogP contribution in [0, 0.1) is 0 Å². The van der Waals surface area contributed by atoms with Crippen LogP contribution in [0.4, 0.5) is 0 Å². The lowest BCUT2D eigenvalue weighted by Crippen LogP contribution is -2.42. The highest BCUT2D eigenvalue weighted by Crippen LogP contribution is 2.22. The maximum Gasteiger partial charge on any atom is 0.330 e. The smallest absolute Gasteiger partial charge is 0.330 e. The van der Waals surface area contributed by atoms with Gasteiger partial charge in [-0.3, -0.25) is 0 Å². The van der Waals surface area contributed by atoms with E-state index in [0.29, 0.717) is 17.9 Å². The summed E-state index contributed by atoms with van der Waals surface area (Å²) >= 11 is 0. The molecule has 0 aliphatic rings. The summed E-state index contributed by atoms with van der Waals surface area (Å²) in [5.74, 6) is 0.228. The summed E-state index contributed by atoms with van der Waals surface area (Å²) < 4.78 is 9.99. The van der Waals surface area contributed by atoms with Crippen molar-refractivity contribution in [2.75, 3.05) is 13.7 Å². The molecule has 0 aliphatic heterocycles. The third-order valence-corrected chi connectivity index (χ3v) is 2.43. The summed E-state index contributed by atoms with van der Waals surface area (Å²) in [5, 5.41) is 0. The molecule has 0 spiro atoms. The fourth-order valence-electron chi connectivity index (χ4n) is 1.38.